The van der Waals surface area contributed by atoms with Gasteiger partial charge in [0, 0.05) is 25.2 Å². The molecule has 27 heavy (non-hydrogen) atoms. The van der Waals surface area contributed by atoms with E-state index in [1.807, 2.05) is 30.3 Å². The van der Waals surface area contributed by atoms with Crippen molar-refractivity contribution in [3.8, 4) is 11.5 Å². The maximum Gasteiger partial charge on any atom is 0.226 e. The number of hydrogen-bond acceptors (Lipinski definition) is 4. The van der Waals surface area contributed by atoms with Crippen LogP contribution in [0.4, 0.5) is 0 Å². The molecule has 3 rings (SSSR count). The van der Waals surface area contributed by atoms with Gasteiger partial charge in [0.25, 0.3) is 0 Å². The van der Waals surface area contributed by atoms with Gasteiger partial charge < -0.3 is 20.0 Å². The van der Waals surface area contributed by atoms with Gasteiger partial charge in [-0.1, -0.05) is 25.1 Å². The number of benzene rings is 1. The third-order valence-corrected chi connectivity index (χ3v) is 4.70. The fraction of sp³-hybridized carbons (Fsp3) is 0.524. The minimum Gasteiger partial charge on any atom is -0.444 e. The van der Waals surface area contributed by atoms with Crippen molar-refractivity contribution in [1.29, 1.82) is 0 Å². The van der Waals surface area contributed by atoms with Crippen molar-refractivity contribution < 1.29 is 4.42 Å². The molecule has 146 valence electrons. The second-order valence-electron chi connectivity index (χ2n) is 7.20. The maximum atomic E-state index is 5.59. The SMILES string of the molecule is CCNC(=NCc1coc(-c2ccccc2)n1)NCC(C)CN1CCCC1. The lowest BCUT2D eigenvalue weighted by molar-refractivity contribution is 0.287. The number of rotatable bonds is 8. The first kappa shape index (κ1) is 19.4. The molecule has 2 heterocycles. The molecule has 6 heteroatoms. The summed E-state index contributed by atoms with van der Waals surface area (Å²) in [7, 11) is 0. The van der Waals surface area contributed by atoms with E-state index in [0.717, 1.165) is 36.9 Å². The van der Waals surface area contributed by atoms with Crippen LogP contribution in [0.3, 0.4) is 0 Å². The molecule has 0 bridgehead atoms. The molecule has 1 aliphatic heterocycles. The number of aliphatic imine (C=N–C) groups is 1. The summed E-state index contributed by atoms with van der Waals surface area (Å²) in [6.45, 7) is 10.2. The number of aromatic nitrogens is 1. The predicted octanol–water partition coefficient (Wildman–Crippen LogP) is 3.13. The van der Waals surface area contributed by atoms with Gasteiger partial charge in [-0.15, -0.1) is 0 Å². The summed E-state index contributed by atoms with van der Waals surface area (Å²) in [6.07, 6.45) is 4.37. The average molecular weight is 370 g/mol. The summed E-state index contributed by atoms with van der Waals surface area (Å²) in [4.78, 5) is 11.7. The molecule has 6 nitrogen and oxygen atoms in total. The Morgan fingerprint density at radius 3 is 2.74 bits per heavy atom. The fourth-order valence-corrected chi connectivity index (χ4v) is 3.34. The largest absolute Gasteiger partial charge is 0.444 e. The zero-order valence-electron chi connectivity index (χ0n) is 16.4. The molecule has 1 fully saturated rings. The highest BCUT2D eigenvalue weighted by atomic mass is 16.3. The van der Waals surface area contributed by atoms with Crippen molar-refractivity contribution in [3.63, 3.8) is 0 Å². The zero-order chi connectivity index (χ0) is 18.9. The molecule has 1 aromatic carbocycles. The number of oxazole rings is 1. The summed E-state index contributed by atoms with van der Waals surface area (Å²) in [5, 5.41) is 6.76. The first-order chi connectivity index (χ1) is 13.2. The quantitative estimate of drug-likeness (QED) is 0.553. The third-order valence-electron chi connectivity index (χ3n) is 4.70. The van der Waals surface area contributed by atoms with Crippen LogP contribution in [0.1, 0.15) is 32.4 Å². The predicted molar refractivity (Wildman–Crippen MR) is 110 cm³/mol. The number of hydrogen-bond donors (Lipinski definition) is 2. The van der Waals surface area contributed by atoms with Crippen LogP contribution in [-0.2, 0) is 6.54 Å². The van der Waals surface area contributed by atoms with Gasteiger partial charge in [0.15, 0.2) is 5.96 Å². The van der Waals surface area contributed by atoms with Crippen LogP contribution in [0.15, 0.2) is 46.0 Å². The molecule has 0 aliphatic carbocycles. The molecule has 0 spiro atoms. The van der Waals surface area contributed by atoms with Gasteiger partial charge in [-0.3, -0.25) is 0 Å². The molecule has 2 aromatic rings. The van der Waals surface area contributed by atoms with Gasteiger partial charge in [-0.05, 0) is 50.9 Å². The monoisotopic (exact) mass is 369 g/mol. The minimum absolute atomic E-state index is 0.492. The van der Waals surface area contributed by atoms with Crippen LogP contribution in [0.2, 0.25) is 0 Å². The Labute approximate surface area is 162 Å². The molecule has 2 N–H and O–H groups in total. The first-order valence-corrected chi connectivity index (χ1v) is 9.99. The topological polar surface area (TPSA) is 65.7 Å². The van der Waals surface area contributed by atoms with Gasteiger partial charge in [0.1, 0.15) is 12.0 Å². The Morgan fingerprint density at radius 1 is 1.22 bits per heavy atom. The number of nitrogens with zero attached hydrogens (tertiary/aromatic N) is 3. The second kappa shape index (κ2) is 10.1. The molecule has 1 saturated heterocycles. The lowest BCUT2D eigenvalue weighted by atomic mass is 10.1. The van der Waals surface area contributed by atoms with Crippen molar-refractivity contribution in [2.24, 2.45) is 10.9 Å². The lowest BCUT2D eigenvalue weighted by Gasteiger charge is -2.21. The summed E-state index contributed by atoms with van der Waals surface area (Å²) >= 11 is 0. The van der Waals surface area contributed by atoms with E-state index in [0.29, 0.717) is 18.4 Å². The van der Waals surface area contributed by atoms with Gasteiger partial charge in [0.05, 0.1) is 6.54 Å². The molecule has 1 unspecified atom stereocenters. The van der Waals surface area contributed by atoms with Gasteiger partial charge >= 0.3 is 0 Å². The van der Waals surface area contributed by atoms with Gasteiger partial charge in [-0.2, -0.15) is 0 Å². The van der Waals surface area contributed by atoms with E-state index in [4.69, 9.17) is 4.42 Å². The van der Waals surface area contributed by atoms with Crippen molar-refractivity contribution in [1.82, 2.24) is 20.5 Å². The Balaban J connectivity index is 1.51. The van der Waals surface area contributed by atoms with Crippen molar-refractivity contribution in [3.05, 3.63) is 42.3 Å². The van der Waals surface area contributed by atoms with E-state index in [1.54, 1.807) is 6.26 Å². The Hall–Kier alpha value is -2.34. The summed E-state index contributed by atoms with van der Waals surface area (Å²) in [5.74, 6) is 2.05. The van der Waals surface area contributed by atoms with E-state index in [2.05, 4.69) is 39.4 Å². The number of guanidine groups is 1. The number of nitrogens with one attached hydrogen (secondary N) is 2. The van der Waals surface area contributed by atoms with E-state index in [-0.39, 0.29) is 0 Å². The summed E-state index contributed by atoms with van der Waals surface area (Å²) in [5.41, 5.74) is 1.81. The molecular formula is C21H31N5O. The molecular weight excluding hydrogens is 338 g/mol. The Kier molecular flexibility index (Phi) is 7.27. The molecule has 0 saturated carbocycles. The van der Waals surface area contributed by atoms with Crippen LogP contribution in [0.5, 0.6) is 0 Å². The molecule has 1 atom stereocenters. The van der Waals surface area contributed by atoms with Crippen molar-refractivity contribution in [2.75, 3.05) is 32.7 Å². The Bertz CT molecular complexity index is 706. The maximum absolute atomic E-state index is 5.59. The van der Waals surface area contributed by atoms with E-state index >= 15 is 0 Å². The minimum atomic E-state index is 0.492. The summed E-state index contributed by atoms with van der Waals surface area (Å²) < 4.78 is 5.59. The first-order valence-electron chi connectivity index (χ1n) is 9.99. The molecule has 0 amide bonds. The molecule has 1 aliphatic rings. The van der Waals surface area contributed by atoms with Crippen LogP contribution in [-0.4, -0.2) is 48.6 Å². The smallest absolute Gasteiger partial charge is 0.226 e. The standard InChI is InChI=1S/C21H31N5O/c1-3-22-21(23-13-17(2)15-26-11-7-8-12-26)24-14-19-16-27-20(25-19)18-9-5-4-6-10-18/h4-6,9-10,16-17H,3,7-8,11-15H2,1-2H3,(H2,22,23,24). The fourth-order valence-electron chi connectivity index (χ4n) is 3.34. The molecule has 0 radical (unpaired) electrons. The average Bonchev–Trinajstić information content (AvgIpc) is 3.37. The summed E-state index contributed by atoms with van der Waals surface area (Å²) in [6, 6.07) is 9.93. The zero-order valence-corrected chi connectivity index (χ0v) is 16.4. The van der Waals surface area contributed by atoms with Crippen LogP contribution >= 0.6 is 0 Å². The number of likely N-dealkylation sites (tertiary alicyclic amines) is 1. The van der Waals surface area contributed by atoms with Crippen LogP contribution in [0, 0.1) is 5.92 Å². The van der Waals surface area contributed by atoms with E-state index < -0.39 is 0 Å². The lowest BCUT2D eigenvalue weighted by Crippen LogP contribution is -2.41. The van der Waals surface area contributed by atoms with Crippen LogP contribution < -0.4 is 10.6 Å². The highest BCUT2D eigenvalue weighted by Gasteiger charge is 2.14. The van der Waals surface area contributed by atoms with Gasteiger partial charge in [0.2, 0.25) is 5.89 Å². The van der Waals surface area contributed by atoms with Crippen LogP contribution in [0.25, 0.3) is 11.5 Å². The highest BCUT2D eigenvalue weighted by Crippen LogP contribution is 2.18. The van der Waals surface area contributed by atoms with Gasteiger partial charge in [-0.25, -0.2) is 9.98 Å². The Morgan fingerprint density at radius 2 is 2.00 bits per heavy atom. The highest BCUT2D eigenvalue weighted by molar-refractivity contribution is 5.79. The second-order valence-corrected chi connectivity index (χ2v) is 7.20. The van der Waals surface area contributed by atoms with Crippen molar-refractivity contribution in [2.45, 2.75) is 33.2 Å². The van der Waals surface area contributed by atoms with E-state index in [1.165, 1.54) is 25.9 Å². The molecule has 1 aromatic heterocycles. The normalized spacial score (nSPS) is 16.4. The third kappa shape index (κ3) is 6.10. The van der Waals surface area contributed by atoms with Crippen molar-refractivity contribution >= 4 is 5.96 Å². The van der Waals surface area contributed by atoms with E-state index in [9.17, 15) is 0 Å².